The van der Waals surface area contributed by atoms with E-state index in [0.717, 1.165) is 14.7 Å². The standard InChI is InChI=1S/C19H15BrFN3O2/c1-12(13-5-4-6-14(20)11-13)22-19(26)16-9-10-18(25)24(23-16)17-8-3-2-7-15(17)21/h2-12H,1H3,(H,22,26)/t12-/m1/s1. The van der Waals surface area contributed by atoms with Gasteiger partial charge in [0.15, 0.2) is 0 Å². The molecule has 0 aliphatic rings. The SMILES string of the molecule is C[C@@H](NC(=O)c1ccc(=O)n(-c2ccccc2F)n1)c1cccc(Br)c1. The second-order valence-electron chi connectivity index (χ2n) is 5.67. The van der Waals surface area contributed by atoms with Crippen LogP contribution in [0.3, 0.4) is 0 Å². The van der Waals surface area contributed by atoms with Crippen LogP contribution < -0.4 is 10.9 Å². The van der Waals surface area contributed by atoms with Crippen molar-refractivity contribution in [3.63, 3.8) is 0 Å². The van der Waals surface area contributed by atoms with Gasteiger partial charge in [0.25, 0.3) is 11.5 Å². The first kappa shape index (κ1) is 18.0. The summed E-state index contributed by atoms with van der Waals surface area (Å²) in [7, 11) is 0. The van der Waals surface area contributed by atoms with Crippen molar-refractivity contribution in [1.82, 2.24) is 15.1 Å². The molecule has 1 amide bonds. The molecule has 0 aliphatic carbocycles. The molecule has 0 saturated carbocycles. The molecule has 5 nitrogen and oxygen atoms in total. The van der Waals surface area contributed by atoms with Gasteiger partial charge in [-0.1, -0.05) is 40.2 Å². The predicted molar refractivity (Wildman–Crippen MR) is 99.8 cm³/mol. The fourth-order valence-corrected chi connectivity index (χ4v) is 2.88. The van der Waals surface area contributed by atoms with Gasteiger partial charge in [0, 0.05) is 10.5 Å². The number of carbonyl (C=O) groups is 1. The number of halogens is 2. The first-order chi connectivity index (χ1) is 12.5. The van der Waals surface area contributed by atoms with E-state index in [1.165, 1.54) is 30.3 Å². The molecule has 0 spiro atoms. The van der Waals surface area contributed by atoms with Gasteiger partial charge in [-0.2, -0.15) is 9.78 Å². The molecule has 1 N–H and O–H groups in total. The molecule has 0 unspecified atom stereocenters. The lowest BCUT2D eigenvalue weighted by Crippen LogP contribution is -2.30. The molecule has 1 atom stereocenters. The Labute approximate surface area is 157 Å². The quantitative estimate of drug-likeness (QED) is 0.707. The Bertz CT molecular complexity index is 1020. The molecule has 7 heteroatoms. The summed E-state index contributed by atoms with van der Waals surface area (Å²) in [5.74, 6) is -1.05. The largest absolute Gasteiger partial charge is 0.344 e. The number of aromatic nitrogens is 2. The van der Waals surface area contributed by atoms with Gasteiger partial charge in [0.05, 0.1) is 6.04 Å². The van der Waals surface area contributed by atoms with E-state index >= 15 is 0 Å². The van der Waals surface area contributed by atoms with Gasteiger partial charge in [-0.25, -0.2) is 4.39 Å². The van der Waals surface area contributed by atoms with Crippen LogP contribution in [0.25, 0.3) is 5.69 Å². The Kier molecular flexibility index (Phi) is 5.27. The number of para-hydroxylation sites is 1. The first-order valence-corrected chi connectivity index (χ1v) is 8.66. The molecule has 0 saturated heterocycles. The Morgan fingerprint density at radius 2 is 1.92 bits per heavy atom. The summed E-state index contributed by atoms with van der Waals surface area (Å²) in [5.41, 5.74) is 0.406. The number of nitrogens with one attached hydrogen (secondary N) is 1. The lowest BCUT2D eigenvalue weighted by atomic mass is 10.1. The number of benzene rings is 2. The highest BCUT2D eigenvalue weighted by Gasteiger charge is 2.15. The highest BCUT2D eigenvalue weighted by atomic mass is 79.9. The van der Waals surface area contributed by atoms with Crippen molar-refractivity contribution in [1.29, 1.82) is 0 Å². The molecule has 0 aliphatic heterocycles. The molecule has 3 aromatic rings. The third kappa shape index (κ3) is 3.88. The van der Waals surface area contributed by atoms with Gasteiger partial charge in [-0.3, -0.25) is 9.59 Å². The van der Waals surface area contributed by atoms with Crippen molar-refractivity contribution in [3.05, 3.63) is 92.6 Å². The molecule has 3 rings (SSSR count). The van der Waals surface area contributed by atoms with Crippen LogP contribution in [0, 0.1) is 5.82 Å². The van der Waals surface area contributed by atoms with Gasteiger partial charge in [0.2, 0.25) is 0 Å². The topological polar surface area (TPSA) is 64.0 Å². The van der Waals surface area contributed by atoms with Crippen molar-refractivity contribution < 1.29 is 9.18 Å². The van der Waals surface area contributed by atoms with E-state index in [4.69, 9.17) is 0 Å². The van der Waals surface area contributed by atoms with Crippen LogP contribution >= 0.6 is 15.9 Å². The average Bonchev–Trinajstić information content (AvgIpc) is 2.62. The monoisotopic (exact) mass is 415 g/mol. The fourth-order valence-electron chi connectivity index (χ4n) is 2.46. The van der Waals surface area contributed by atoms with Gasteiger partial charge >= 0.3 is 0 Å². The van der Waals surface area contributed by atoms with Crippen LogP contribution in [0.2, 0.25) is 0 Å². The van der Waals surface area contributed by atoms with Gasteiger partial charge in [-0.05, 0) is 42.8 Å². The molecular formula is C19H15BrFN3O2. The van der Waals surface area contributed by atoms with Crippen molar-refractivity contribution in [2.75, 3.05) is 0 Å². The minimum Gasteiger partial charge on any atom is -0.344 e. The van der Waals surface area contributed by atoms with E-state index in [2.05, 4.69) is 26.3 Å². The Balaban J connectivity index is 1.88. The second kappa shape index (κ2) is 7.61. The summed E-state index contributed by atoms with van der Waals surface area (Å²) in [5, 5.41) is 6.83. The Morgan fingerprint density at radius 1 is 1.15 bits per heavy atom. The van der Waals surface area contributed by atoms with E-state index in [0.29, 0.717) is 0 Å². The van der Waals surface area contributed by atoms with Crippen LogP contribution in [-0.2, 0) is 0 Å². The van der Waals surface area contributed by atoms with Crippen molar-refractivity contribution in [2.24, 2.45) is 0 Å². The third-order valence-corrected chi connectivity index (χ3v) is 4.30. The number of carbonyl (C=O) groups excluding carboxylic acids is 1. The lowest BCUT2D eigenvalue weighted by Gasteiger charge is -2.15. The van der Waals surface area contributed by atoms with E-state index in [1.807, 2.05) is 31.2 Å². The molecule has 1 aromatic heterocycles. The van der Waals surface area contributed by atoms with E-state index in [-0.39, 0.29) is 17.4 Å². The van der Waals surface area contributed by atoms with Gasteiger partial charge in [0.1, 0.15) is 17.2 Å². The van der Waals surface area contributed by atoms with Crippen LogP contribution in [0.4, 0.5) is 4.39 Å². The van der Waals surface area contributed by atoms with Crippen molar-refractivity contribution >= 4 is 21.8 Å². The molecule has 0 bridgehead atoms. The third-order valence-electron chi connectivity index (χ3n) is 3.81. The summed E-state index contributed by atoms with van der Waals surface area (Å²) in [6.45, 7) is 1.84. The van der Waals surface area contributed by atoms with E-state index in [9.17, 15) is 14.0 Å². The zero-order valence-electron chi connectivity index (χ0n) is 13.8. The normalized spacial score (nSPS) is 11.8. The number of hydrogen-bond acceptors (Lipinski definition) is 3. The number of rotatable bonds is 4. The molecule has 0 fully saturated rings. The summed E-state index contributed by atoms with van der Waals surface area (Å²) in [6.07, 6.45) is 0. The number of amides is 1. The van der Waals surface area contributed by atoms with Crippen molar-refractivity contribution in [2.45, 2.75) is 13.0 Å². The number of hydrogen-bond donors (Lipinski definition) is 1. The zero-order chi connectivity index (χ0) is 18.7. The molecule has 1 heterocycles. The van der Waals surface area contributed by atoms with E-state index in [1.54, 1.807) is 6.07 Å². The molecule has 26 heavy (non-hydrogen) atoms. The maximum Gasteiger partial charge on any atom is 0.272 e. The van der Waals surface area contributed by atoms with Crippen LogP contribution in [0.15, 0.2) is 69.9 Å². The minimum absolute atomic E-state index is 0.00723. The fraction of sp³-hybridized carbons (Fsp3) is 0.105. The molecule has 132 valence electrons. The van der Waals surface area contributed by atoms with Crippen LogP contribution in [-0.4, -0.2) is 15.7 Å². The lowest BCUT2D eigenvalue weighted by molar-refractivity contribution is 0.0933. The summed E-state index contributed by atoms with van der Waals surface area (Å²) >= 11 is 3.39. The highest BCUT2D eigenvalue weighted by Crippen LogP contribution is 2.18. The number of nitrogens with zero attached hydrogens (tertiary/aromatic N) is 2. The highest BCUT2D eigenvalue weighted by molar-refractivity contribution is 9.10. The second-order valence-corrected chi connectivity index (χ2v) is 6.59. The van der Waals surface area contributed by atoms with Crippen LogP contribution in [0.1, 0.15) is 29.0 Å². The zero-order valence-corrected chi connectivity index (χ0v) is 15.4. The predicted octanol–water partition coefficient (Wildman–Crippen LogP) is 3.63. The molecule has 0 radical (unpaired) electrons. The maximum absolute atomic E-state index is 14.0. The van der Waals surface area contributed by atoms with Crippen molar-refractivity contribution in [3.8, 4) is 5.69 Å². The van der Waals surface area contributed by atoms with E-state index < -0.39 is 17.3 Å². The molecule has 2 aromatic carbocycles. The molecular weight excluding hydrogens is 401 g/mol. The van der Waals surface area contributed by atoms with Crippen LogP contribution in [0.5, 0.6) is 0 Å². The Hall–Kier alpha value is -2.80. The summed E-state index contributed by atoms with van der Waals surface area (Å²) in [6, 6.07) is 15.6. The summed E-state index contributed by atoms with van der Waals surface area (Å²) in [4.78, 5) is 24.5. The average molecular weight is 416 g/mol. The smallest absolute Gasteiger partial charge is 0.272 e. The van der Waals surface area contributed by atoms with Gasteiger partial charge < -0.3 is 5.32 Å². The van der Waals surface area contributed by atoms with Gasteiger partial charge in [-0.15, -0.1) is 0 Å². The Morgan fingerprint density at radius 3 is 2.65 bits per heavy atom. The first-order valence-electron chi connectivity index (χ1n) is 7.87. The minimum atomic E-state index is -0.595. The maximum atomic E-state index is 14.0. The summed E-state index contributed by atoms with van der Waals surface area (Å²) < 4.78 is 15.7.